The average molecular weight is 406 g/mol. The third kappa shape index (κ3) is 3.97. The molecule has 1 aromatic carbocycles. The summed E-state index contributed by atoms with van der Waals surface area (Å²) in [5.74, 6) is 1.53. The molecule has 1 heterocycles. The molecule has 2 nitrogen and oxygen atoms in total. The van der Waals surface area contributed by atoms with E-state index in [4.69, 9.17) is 9.47 Å². The lowest BCUT2D eigenvalue weighted by Crippen LogP contribution is -2.02. The van der Waals surface area contributed by atoms with Gasteiger partial charge in [-0.1, -0.05) is 22.0 Å². The molecule has 0 amide bonds. The van der Waals surface area contributed by atoms with E-state index in [1.807, 2.05) is 12.1 Å². The van der Waals surface area contributed by atoms with Gasteiger partial charge in [-0.15, -0.1) is 11.3 Å². The molecule has 0 saturated carbocycles. The van der Waals surface area contributed by atoms with Crippen molar-refractivity contribution in [1.82, 2.24) is 0 Å². The maximum atomic E-state index is 5.85. The van der Waals surface area contributed by atoms with Crippen molar-refractivity contribution in [2.75, 3.05) is 13.7 Å². The van der Waals surface area contributed by atoms with Crippen molar-refractivity contribution in [3.8, 4) is 11.5 Å². The number of rotatable bonds is 6. The molecule has 0 aliphatic rings. The Kier molecular flexibility index (Phi) is 5.73. The number of benzene rings is 1. The third-order valence-electron chi connectivity index (χ3n) is 2.62. The summed E-state index contributed by atoms with van der Waals surface area (Å²) < 4.78 is 12.2. The minimum atomic E-state index is 0.642. The monoisotopic (exact) mass is 404 g/mol. The number of methoxy groups -OCH3 is 1. The summed E-state index contributed by atoms with van der Waals surface area (Å²) in [6.07, 6.45) is 0.910. The van der Waals surface area contributed by atoms with Crippen LogP contribution in [-0.2, 0) is 11.8 Å². The molecule has 1 aromatic heterocycles. The molecule has 0 fully saturated rings. The fourth-order valence-electron chi connectivity index (χ4n) is 1.70. The Morgan fingerprint density at radius 1 is 1.32 bits per heavy atom. The lowest BCUT2D eigenvalue weighted by atomic mass is 10.2. The summed E-state index contributed by atoms with van der Waals surface area (Å²) in [6, 6.07) is 8.20. The normalized spacial score (nSPS) is 10.5. The summed E-state index contributed by atoms with van der Waals surface area (Å²) in [5, 5.41) is 2.87. The molecule has 0 unspecified atom stereocenters. The molecule has 5 heteroatoms. The molecule has 0 atom stereocenters. The van der Waals surface area contributed by atoms with Gasteiger partial charge < -0.3 is 9.47 Å². The Balaban J connectivity index is 2.06. The minimum absolute atomic E-state index is 0.642. The summed E-state index contributed by atoms with van der Waals surface area (Å²) in [7, 11) is 1.66. The number of halogens is 2. The van der Waals surface area contributed by atoms with Crippen LogP contribution in [0.3, 0.4) is 0 Å². The summed E-state index contributed by atoms with van der Waals surface area (Å²) in [4.78, 5) is 1.33. The van der Waals surface area contributed by atoms with Crippen LogP contribution in [0, 0.1) is 0 Å². The quantitative estimate of drug-likeness (QED) is 0.627. The molecular formula is C14H14Br2O2S. The first kappa shape index (κ1) is 14.9. The Morgan fingerprint density at radius 3 is 2.79 bits per heavy atom. The Bertz CT molecular complexity index is 526. The highest BCUT2D eigenvalue weighted by Gasteiger charge is 2.11. The van der Waals surface area contributed by atoms with Gasteiger partial charge in [0.15, 0.2) is 11.5 Å². The van der Waals surface area contributed by atoms with E-state index in [1.165, 1.54) is 4.88 Å². The highest BCUT2D eigenvalue weighted by atomic mass is 79.9. The second kappa shape index (κ2) is 7.31. The molecule has 0 aliphatic carbocycles. The fraction of sp³-hybridized carbons (Fsp3) is 0.286. The first-order valence-electron chi connectivity index (χ1n) is 5.82. The second-order valence-electron chi connectivity index (χ2n) is 3.92. The average Bonchev–Trinajstić information content (AvgIpc) is 2.93. The summed E-state index contributed by atoms with van der Waals surface area (Å²) >= 11 is 8.73. The summed E-state index contributed by atoms with van der Waals surface area (Å²) in [5.41, 5.74) is 1.15. The lowest BCUT2D eigenvalue weighted by molar-refractivity contribution is 0.296. The van der Waals surface area contributed by atoms with E-state index in [0.717, 1.165) is 33.3 Å². The minimum Gasteiger partial charge on any atom is -0.493 e. The van der Waals surface area contributed by atoms with Crippen LogP contribution in [0.25, 0.3) is 0 Å². The SMILES string of the molecule is COc1cc(CBr)cc(Br)c1OCCc1cccs1. The van der Waals surface area contributed by atoms with Gasteiger partial charge in [-0.25, -0.2) is 0 Å². The van der Waals surface area contributed by atoms with E-state index < -0.39 is 0 Å². The first-order valence-corrected chi connectivity index (χ1v) is 8.61. The zero-order valence-electron chi connectivity index (χ0n) is 10.5. The predicted molar refractivity (Wildman–Crippen MR) is 86.8 cm³/mol. The van der Waals surface area contributed by atoms with Crippen molar-refractivity contribution in [1.29, 1.82) is 0 Å². The fourth-order valence-corrected chi connectivity index (χ4v) is 3.32. The number of alkyl halides is 1. The highest BCUT2D eigenvalue weighted by molar-refractivity contribution is 9.10. The Hall–Kier alpha value is -0.520. The molecular weight excluding hydrogens is 392 g/mol. The van der Waals surface area contributed by atoms with Crippen LogP contribution in [-0.4, -0.2) is 13.7 Å². The first-order chi connectivity index (χ1) is 9.24. The summed E-state index contributed by atoms with van der Waals surface area (Å²) in [6.45, 7) is 0.642. The molecule has 2 aromatic rings. The number of thiophene rings is 1. The molecule has 0 radical (unpaired) electrons. The van der Waals surface area contributed by atoms with Crippen LogP contribution in [0.4, 0.5) is 0 Å². The van der Waals surface area contributed by atoms with Crippen LogP contribution in [0.5, 0.6) is 11.5 Å². The Morgan fingerprint density at radius 2 is 2.16 bits per heavy atom. The third-order valence-corrected chi connectivity index (χ3v) is 4.79. The molecule has 0 spiro atoms. The maximum Gasteiger partial charge on any atom is 0.175 e. The van der Waals surface area contributed by atoms with Gasteiger partial charge in [0.1, 0.15) is 0 Å². The van der Waals surface area contributed by atoms with Gasteiger partial charge >= 0.3 is 0 Å². The smallest absolute Gasteiger partial charge is 0.175 e. The Labute approximate surface area is 134 Å². The topological polar surface area (TPSA) is 18.5 Å². The van der Waals surface area contributed by atoms with Crippen molar-refractivity contribution in [2.45, 2.75) is 11.8 Å². The van der Waals surface area contributed by atoms with Gasteiger partial charge in [0.2, 0.25) is 0 Å². The molecule has 0 saturated heterocycles. The van der Waals surface area contributed by atoms with Crippen LogP contribution in [0.2, 0.25) is 0 Å². The van der Waals surface area contributed by atoms with Gasteiger partial charge in [-0.2, -0.15) is 0 Å². The predicted octanol–water partition coefficient (Wildman–Crippen LogP) is 5.04. The van der Waals surface area contributed by atoms with E-state index >= 15 is 0 Å². The van der Waals surface area contributed by atoms with Gasteiger partial charge in [0.25, 0.3) is 0 Å². The molecule has 0 N–H and O–H groups in total. The number of ether oxygens (including phenoxy) is 2. The largest absolute Gasteiger partial charge is 0.493 e. The van der Waals surface area contributed by atoms with Crippen LogP contribution in [0.15, 0.2) is 34.1 Å². The van der Waals surface area contributed by atoms with Crippen LogP contribution in [0.1, 0.15) is 10.4 Å². The van der Waals surface area contributed by atoms with Crippen molar-refractivity contribution in [2.24, 2.45) is 0 Å². The van der Waals surface area contributed by atoms with Crippen molar-refractivity contribution in [3.63, 3.8) is 0 Å². The molecule has 2 rings (SSSR count). The van der Waals surface area contributed by atoms with Crippen molar-refractivity contribution < 1.29 is 9.47 Å². The van der Waals surface area contributed by atoms with E-state index in [-0.39, 0.29) is 0 Å². The van der Waals surface area contributed by atoms with E-state index in [1.54, 1.807) is 18.4 Å². The van der Waals surface area contributed by atoms with E-state index in [9.17, 15) is 0 Å². The zero-order chi connectivity index (χ0) is 13.7. The maximum absolute atomic E-state index is 5.85. The van der Waals surface area contributed by atoms with E-state index in [0.29, 0.717) is 6.61 Å². The van der Waals surface area contributed by atoms with Crippen molar-refractivity contribution in [3.05, 3.63) is 44.6 Å². The highest BCUT2D eigenvalue weighted by Crippen LogP contribution is 2.37. The lowest BCUT2D eigenvalue weighted by Gasteiger charge is -2.13. The number of hydrogen-bond donors (Lipinski definition) is 0. The molecule has 19 heavy (non-hydrogen) atoms. The van der Waals surface area contributed by atoms with Crippen LogP contribution < -0.4 is 9.47 Å². The molecule has 0 bridgehead atoms. The van der Waals surface area contributed by atoms with Gasteiger partial charge in [-0.05, 0) is 45.1 Å². The number of hydrogen-bond acceptors (Lipinski definition) is 3. The standard InChI is InChI=1S/C14H14Br2O2S/c1-17-13-8-10(9-15)7-12(16)14(13)18-5-4-11-3-2-6-19-11/h2-3,6-8H,4-5,9H2,1H3. The van der Waals surface area contributed by atoms with Crippen LogP contribution >= 0.6 is 43.2 Å². The van der Waals surface area contributed by atoms with Gasteiger partial charge in [0, 0.05) is 16.6 Å². The molecule has 102 valence electrons. The molecule has 0 aliphatic heterocycles. The van der Waals surface area contributed by atoms with Crippen molar-refractivity contribution >= 4 is 43.2 Å². The van der Waals surface area contributed by atoms with Gasteiger partial charge in [-0.3, -0.25) is 0 Å². The van der Waals surface area contributed by atoms with Gasteiger partial charge in [0.05, 0.1) is 18.2 Å². The van der Waals surface area contributed by atoms with E-state index in [2.05, 4.69) is 49.4 Å². The second-order valence-corrected chi connectivity index (χ2v) is 6.37. The zero-order valence-corrected chi connectivity index (χ0v) is 14.5.